The van der Waals surface area contributed by atoms with E-state index in [1.807, 2.05) is 0 Å². The number of benzene rings is 1. The molecule has 1 amide bonds. The van der Waals surface area contributed by atoms with Crippen molar-refractivity contribution in [3.05, 3.63) is 46.2 Å². The van der Waals surface area contributed by atoms with Gasteiger partial charge in [0, 0.05) is 24.3 Å². The largest absolute Gasteiger partial charge is 0.334 e. The van der Waals surface area contributed by atoms with Crippen LogP contribution in [0.25, 0.3) is 0 Å². The molecule has 7 heteroatoms. The molecule has 1 aromatic heterocycles. The zero-order valence-electron chi connectivity index (χ0n) is 9.83. The summed E-state index contributed by atoms with van der Waals surface area (Å²) in [6, 6.07) is 5.08. The van der Waals surface area contributed by atoms with Gasteiger partial charge in [0.1, 0.15) is 0 Å². The van der Waals surface area contributed by atoms with Gasteiger partial charge in [-0.05, 0) is 18.2 Å². The topological polar surface area (TPSA) is 51.0 Å². The number of nitrogens with zero attached hydrogens (tertiary/aromatic N) is 4. The quantitative estimate of drug-likeness (QED) is 0.854. The molecule has 2 aromatic rings. The van der Waals surface area contributed by atoms with Crippen LogP contribution in [-0.2, 0) is 0 Å². The molecule has 19 heavy (non-hydrogen) atoms. The van der Waals surface area contributed by atoms with Crippen LogP contribution in [0.15, 0.2) is 30.6 Å². The Morgan fingerprint density at radius 3 is 2.74 bits per heavy atom. The van der Waals surface area contributed by atoms with Crippen LogP contribution >= 0.6 is 23.2 Å². The predicted octanol–water partition coefficient (Wildman–Crippen LogP) is 2.28. The first-order chi connectivity index (χ1) is 9.15. The number of hydrogen-bond donors (Lipinski definition) is 0. The van der Waals surface area contributed by atoms with Gasteiger partial charge < -0.3 is 4.90 Å². The summed E-state index contributed by atoms with van der Waals surface area (Å²) >= 11 is 11.8. The Hall–Kier alpha value is -1.59. The Kier molecular flexibility index (Phi) is 3.16. The first-order valence-corrected chi connectivity index (χ1v) is 6.51. The minimum atomic E-state index is -0.0852. The third-order valence-corrected chi connectivity index (χ3v) is 3.67. The van der Waals surface area contributed by atoms with Crippen molar-refractivity contribution in [1.82, 2.24) is 19.9 Å². The minimum Gasteiger partial charge on any atom is -0.334 e. The second-order valence-electron chi connectivity index (χ2n) is 4.37. The van der Waals surface area contributed by atoms with Crippen LogP contribution < -0.4 is 0 Å². The Balaban J connectivity index is 1.70. The van der Waals surface area contributed by atoms with Crippen molar-refractivity contribution in [1.29, 1.82) is 0 Å². The first kappa shape index (κ1) is 12.4. The van der Waals surface area contributed by atoms with Crippen LogP contribution in [0.2, 0.25) is 10.0 Å². The lowest BCUT2D eigenvalue weighted by Gasteiger charge is -2.39. The normalized spacial score (nSPS) is 15.4. The van der Waals surface area contributed by atoms with E-state index in [1.165, 1.54) is 0 Å². The van der Waals surface area contributed by atoms with Crippen LogP contribution in [0, 0.1) is 0 Å². The molecule has 1 aromatic carbocycles. The van der Waals surface area contributed by atoms with E-state index in [0.29, 0.717) is 28.7 Å². The molecule has 0 radical (unpaired) electrons. The number of hydrogen-bond acceptors (Lipinski definition) is 3. The number of likely N-dealkylation sites (tertiary alicyclic amines) is 1. The van der Waals surface area contributed by atoms with Crippen molar-refractivity contribution in [3.8, 4) is 0 Å². The van der Waals surface area contributed by atoms with Gasteiger partial charge in [0.2, 0.25) is 0 Å². The van der Waals surface area contributed by atoms with Gasteiger partial charge in [0.05, 0.1) is 22.8 Å². The summed E-state index contributed by atoms with van der Waals surface area (Å²) in [4.78, 5) is 14.0. The highest BCUT2D eigenvalue weighted by atomic mass is 35.5. The maximum absolute atomic E-state index is 12.2. The lowest BCUT2D eigenvalue weighted by atomic mass is 10.1. The van der Waals surface area contributed by atoms with Crippen LogP contribution in [0.1, 0.15) is 16.4 Å². The van der Waals surface area contributed by atoms with Gasteiger partial charge >= 0.3 is 0 Å². The molecule has 5 nitrogen and oxygen atoms in total. The molecule has 1 fully saturated rings. The molecule has 3 rings (SSSR count). The van der Waals surface area contributed by atoms with Crippen LogP contribution in [0.5, 0.6) is 0 Å². The molecule has 0 unspecified atom stereocenters. The van der Waals surface area contributed by atoms with E-state index in [1.54, 1.807) is 40.2 Å². The zero-order chi connectivity index (χ0) is 13.4. The van der Waals surface area contributed by atoms with E-state index in [2.05, 4.69) is 10.3 Å². The molecule has 0 N–H and O–H groups in total. The summed E-state index contributed by atoms with van der Waals surface area (Å²) in [5, 5.41) is 8.57. The van der Waals surface area contributed by atoms with Gasteiger partial charge in [-0.25, -0.2) is 4.68 Å². The highest BCUT2D eigenvalue weighted by molar-refractivity contribution is 6.36. The Labute approximate surface area is 119 Å². The lowest BCUT2D eigenvalue weighted by Crippen LogP contribution is -2.50. The second kappa shape index (κ2) is 4.83. The molecule has 98 valence electrons. The van der Waals surface area contributed by atoms with Crippen molar-refractivity contribution >= 4 is 29.1 Å². The smallest absolute Gasteiger partial charge is 0.255 e. The molecular weight excluding hydrogens is 287 g/mol. The summed E-state index contributed by atoms with van der Waals surface area (Å²) in [6.07, 6.45) is 3.42. The molecular formula is C12H10Cl2N4O. The molecule has 0 saturated carbocycles. The number of amides is 1. The van der Waals surface area contributed by atoms with Crippen LogP contribution in [0.3, 0.4) is 0 Å². The third-order valence-electron chi connectivity index (χ3n) is 3.13. The summed E-state index contributed by atoms with van der Waals surface area (Å²) < 4.78 is 1.76. The predicted molar refractivity (Wildman–Crippen MR) is 71.4 cm³/mol. The maximum atomic E-state index is 12.2. The Bertz CT molecular complexity index is 608. The molecule has 0 atom stereocenters. The van der Waals surface area contributed by atoms with E-state index in [4.69, 9.17) is 23.2 Å². The molecule has 0 bridgehead atoms. The fourth-order valence-corrected chi connectivity index (χ4v) is 2.52. The van der Waals surface area contributed by atoms with E-state index >= 15 is 0 Å². The fourth-order valence-electron chi connectivity index (χ4n) is 2.03. The van der Waals surface area contributed by atoms with Gasteiger partial charge in [0.15, 0.2) is 0 Å². The highest BCUT2D eigenvalue weighted by Gasteiger charge is 2.33. The van der Waals surface area contributed by atoms with Crippen molar-refractivity contribution in [2.24, 2.45) is 0 Å². The monoisotopic (exact) mass is 296 g/mol. The van der Waals surface area contributed by atoms with E-state index < -0.39 is 0 Å². The lowest BCUT2D eigenvalue weighted by molar-refractivity contribution is 0.0498. The van der Waals surface area contributed by atoms with Crippen LogP contribution in [-0.4, -0.2) is 38.9 Å². The van der Waals surface area contributed by atoms with Crippen molar-refractivity contribution in [2.45, 2.75) is 6.04 Å². The first-order valence-electron chi connectivity index (χ1n) is 5.75. The standard InChI is InChI=1S/C12H10Cl2N4O/c13-8-1-2-10(11(14)5-8)12(19)17-6-9(7-17)18-4-3-15-16-18/h1-5,9H,6-7H2. The molecule has 1 aliphatic heterocycles. The Morgan fingerprint density at radius 1 is 1.32 bits per heavy atom. The number of rotatable bonds is 2. The number of aromatic nitrogens is 3. The van der Waals surface area contributed by atoms with E-state index in [0.717, 1.165) is 0 Å². The number of halogens is 2. The van der Waals surface area contributed by atoms with Gasteiger partial charge in [0.25, 0.3) is 5.91 Å². The van der Waals surface area contributed by atoms with Gasteiger partial charge in [-0.3, -0.25) is 4.79 Å². The highest BCUT2D eigenvalue weighted by Crippen LogP contribution is 2.26. The summed E-state index contributed by atoms with van der Waals surface area (Å²) in [6.45, 7) is 1.22. The maximum Gasteiger partial charge on any atom is 0.255 e. The van der Waals surface area contributed by atoms with E-state index in [9.17, 15) is 4.79 Å². The molecule has 1 saturated heterocycles. The molecule has 0 aliphatic carbocycles. The number of carbonyl (C=O) groups excluding carboxylic acids is 1. The minimum absolute atomic E-state index is 0.0852. The van der Waals surface area contributed by atoms with E-state index in [-0.39, 0.29) is 11.9 Å². The SMILES string of the molecule is O=C(c1ccc(Cl)cc1Cl)N1CC(n2ccnn2)C1. The fraction of sp³-hybridized carbons (Fsp3) is 0.250. The second-order valence-corrected chi connectivity index (χ2v) is 5.21. The third kappa shape index (κ3) is 2.31. The van der Waals surface area contributed by atoms with Gasteiger partial charge in [-0.2, -0.15) is 0 Å². The molecule has 1 aliphatic rings. The summed E-state index contributed by atoms with van der Waals surface area (Å²) in [7, 11) is 0. The Morgan fingerprint density at radius 2 is 2.11 bits per heavy atom. The summed E-state index contributed by atoms with van der Waals surface area (Å²) in [5.41, 5.74) is 0.475. The average Bonchev–Trinajstić information content (AvgIpc) is 2.80. The van der Waals surface area contributed by atoms with Crippen molar-refractivity contribution in [3.63, 3.8) is 0 Å². The number of carbonyl (C=O) groups is 1. The van der Waals surface area contributed by atoms with Crippen molar-refractivity contribution < 1.29 is 4.79 Å². The molecule has 0 spiro atoms. The zero-order valence-corrected chi connectivity index (χ0v) is 11.3. The average molecular weight is 297 g/mol. The summed E-state index contributed by atoms with van der Waals surface area (Å²) in [5.74, 6) is -0.0852. The van der Waals surface area contributed by atoms with Gasteiger partial charge in [-0.15, -0.1) is 5.10 Å². The van der Waals surface area contributed by atoms with Crippen LogP contribution in [0.4, 0.5) is 0 Å². The van der Waals surface area contributed by atoms with Crippen molar-refractivity contribution in [2.75, 3.05) is 13.1 Å². The molecule has 2 heterocycles. The van der Waals surface area contributed by atoms with Gasteiger partial charge in [-0.1, -0.05) is 28.4 Å².